The smallest absolute Gasteiger partial charge is 0.336 e. The van der Waals surface area contributed by atoms with Crippen LogP contribution in [0.25, 0.3) is 11.6 Å². The summed E-state index contributed by atoms with van der Waals surface area (Å²) >= 11 is 5.83. The van der Waals surface area contributed by atoms with Crippen molar-refractivity contribution in [2.24, 2.45) is 0 Å². The van der Waals surface area contributed by atoms with Crippen LogP contribution in [0.4, 0.5) is 0 Å². The molecular weight excluding hydrogens is 304 g/mol. The Bertz CT molecular complexity index is 705. The minimum absolute atomic E-state index is 0.156. The molecule has 0 unspecified atom stereocenters. The molecule has 0 aromatic heterocycles. The lowest BCUT2D eigenvalue weighted by atomic mass is 10.0. The summed E-state index contributed by atoms with van der Waals surface area (Å²) < 4.78 is 10.4. The quantitative estimate of drug-likeness (QED) is 0.669. The second-order valence-corrected chi connectivity index (χ2v) is 4.92. The molecule has 4 nitrogen and oxygen atoms in total. The standard InChI is InChI=1S/C17H15ClO4/c1-21-15-8-5-12(10-16(15)22-2)14(17(19)20)9-11-3-6-13(18)7-4-11/h3-10H,1-2H3,(H,19,20). The third-order valence-corrected chi connectivity index (χ3v) is 3.36. The van der Waals surface area contributed by atoms with Crippen molar-refractivity contribution in [2.75, 3.05) is 14.2 Å². The highest BCUT2D eigenvalue weighted by Crippen LogP contribution is 2.31. The Labute approximate surface area is 133 Å². The summed E-state index contributed by atoms with van der Waals surface area (Å²) in [6.45, 7) is 0. The first-order valence-electron chi connectivity index (χ1n) is 6.48. The second kappa shape index (κ2) is 7.00. The molecule has 2 rings (SSSR count). The van der Waals surface area contributed by atoms with Crippen LogP contribution in [0.2, 0.25) is 5.02 Å². The number of ether oxygens (including phenoxy) is 2. The molecule has 0 fully saturated rings. The van der Waals surface area contributed by atoms with Crippen LogP contribution < -0.4 is 9.47 Å². The first-order chi connectivity index (χ1) is 10.5. The number of carboxylic acid groups (broad SMARTS) is 1. The van der Waals surface area contributed by atoms with Crippen LogP contribution in [-0.4, -0.2) is 25.3 Å². The Morgan fingerprint density at radius 1 is 1.05 bits per heavy atom. The maximum Gasteiger partial charge on any atom is 0.336 e. The van der Waals surface area contributed by atoms with E-state index < -0.39 is 5.97 Å². The fourth-order valence-electron chi connectivity index (χ4n) is 2.00. The largest absolute Gasteiger partial charge is 0.493 e. The lowest BCUT2D eigenvalue weighted by Crippen LogP contribution is -2.01. The number of halogens is 1. The maximum atomic E-state index is 11.6. The van der Waals surface area contributed by atoms with E-state index in [0.29, 0.717) is 22.1 Å². The van der Waals surface area contributed by atoms with Crippen LogP contribution in [0.3, 0.4) is 0 Å². The number of hydrogen-bond donors (Lipinski definition) is 1. The molecule has 1 N–H and O–H groups in total. The van der Waals surface area contributed by atoms with Crippen LogP contribution in [0.15, 0.2) is 42.5 Å². The molecule has 0 spiro atoms. The number of benzene rings is 2. The van der Waals surface area contributed by atoms with Crippen LogP contribution in [0, 0.1) is 0 Å². The van der Waals surface area contributed by atoms with Gasteiger partial charge < -0.3 is 14.6 Å². The van der Waals surface area contributed by atoms with Crippen LogP contribution in [-0.2, 0) is 4.79 Å². The van der Waals surface area contributed by atoms with E-state index in [2.05, 4.69) is 0 Å². The molecule has 5 heteroatoms. The van der Waals surface area contributed by atoms with Crippen molar-refractivity contribution in [3.05, 3.63) is 58.6 Å². The van der Waals surface area contributed by atoms with Crippen molar-refractivity contribution in [1.29, 1.82) is 0 Å². The molecule has 114 valence electrons. The third kappa shape index (κ3) is 3.59. The van der Waals surface area contributed by atoms with E-state index >= 15 is 0 Å². The molecule has 22 heavy (non-hydrogen) atoms. The SMILES string of the molecule is COc1ccc(C(=Cc2ccc(Cl)cc2)C(=O)O)cc1OC. The van der Waals surface area contributed by atoms with E-state index in [9.17, 15) is 9.90 Å². The summed E-state index contributed by atoms with van der Waals surface area (Å²) in [5.41, 5.74) is 1.43. The van der Waals surface area contributed by atoms with E-state index in [4.69, 9.17) is 21.1 Å². The van der Waals surface area contributed by atoms with Gasteiger partial charge in [-0.1, -0.05) is 29.8 Å². The van der Waals surface area contributed by atoms with Gasteiger partial charge in [0.05, 0.1) is 19.8 Å². The highest BCUT2D eigenvalue weighted by Gasteiger charge is 2.13. The van der Waals surface area contributed by atoms with Gasteiger partial charge in [-0.25, -0.2) is 4.79 Å². The number of aliphatic carboxylic acids is 1. The van der Waals surface area contributed by atoms with E-state index in [0.717, 1.165) is 5.56 Å². The van der Waals surface area contributed by atoms with Gasteiger partial charge in [-0.2, -0.15) is 0 Å². The van der Waals surface area contributed by atoms with E-state index in [1.165, 1.54) is 14.2 Å². The Hall–Kier alpha value is -2.46. The lowest BCUT2D eigenvalue weighted by molar-refractivity contribution is -0.130. The molecule has 0 bridgehead atoms. The Kier molecular flexibility index (Phi) is 5.07. The normalized spacial score (nSPS) is 11.1. The summed E-state index contributed by atoms with van der Waals surface area (Å²) in [7, 11) is 3.03. The van der Waals surface area contributed by atoms with Gasteiger partial charge in [0.2, 0.25) is 0 Å². The molecule has 0 aliphatic carbocycles. The topological polar surface area (TPSA) is 55.8 Å². The molecule has 0 aliphatic heterocycles. The van der Waals surface area contributed by atoms with Gasteiger partial charge in [0.15, 0.2) is 11.5 Å². The average Bonchev–Trinajstić information content (AvgIpc) is 2.53. The van der Waals surface area contributed by atoms with Gasteiger partial charge in [0.25, 0.3) is 0 Å². The van der Waals surface area contributed by atoms with E-state index in [1.807, 2.05) is 0 Å². The van der Waals surface area contributed by atoms with Gasteiger partial charge >= 0.3 is 5.97 Å². The van der Waals surface area contributed by atoms with Crippen molar-refractivity contribution in [1.82, 2.24) is 0 Å². The number of carboxylic acids is 1. The lowest BCUT2D eigenvalue weighted by Gasteiger charge is -2.10. The molecule has 0 saturated heterocycles. The van der Waals surface area contributed by atoms with Crippen LogP contribution >= 0.6 is 11.6 Å². The molecule has 2 aromatic rings. The predicted octanol–water partition coefficient (Wildman–Crippen LogP) is 3.98. The van der Waals surface area contributed by atoms with Crippen molar-refractivity contribution in [3.8, 4) is 11.5 Å². The van der Waals surface area contributed by atoms with Crippen molar-refractivity contribution < 1.29 is 19.4 Å². The molecule has 0 heterocycles. The number of rotatable bonds is 5. The highest BCUT2D eigenvalue weighted by atomic mass is 35.5. The molecule has 0 atom stereocenters. The summed E-state index contributed by atoms with van der Waals surface area (Å²) in [5.74, 6) is -0.00657. The van der Waals surface area contributed by atoms with Crippen LogP contribution in [0.5, 0.6) is 11.5 Å². The monoisotopic (exact) mass is 318 g/mol. The third-order valence-electron chi connectivity index (χ3n) is 3.11. The average molecular weight is 319 g/mol. The minimum Gasteiger partial charge on any atom is -0.493 e. The molecule has 0 aliphatic rings. The first-order valence-corrected chi connectivity index (χ1v) is 6.86. The first kappa shape index (κ1) is 15.9. The Morgan fingerprint density at radius 2 is 1.68 bits per heavy atom. The predicted molar refractivity (Wildman–Crippen MR) is 86.5 cm³/mol. The minimum atomic E-state index is -1.03. The van der Waals surface area contributed by atoms with Gasteiger partial charge in [-0.05, 0) is 41.5 Å². The highest BCUT2D eigenvalue weighted by molar-refractivity contribution is 6.30. The van der Waals surface area contributed by atoms with Crippen molar-refractivity contribution >= 4 is 29.2 Å². The van der Waals surface area contributed by atoms with Crippen LogP contribution in [0.1, 0.15) is 11.1 Å². The van der Waals surface area contributed by atoms with Gasteiger partial charge in [-0.3, -0.25) is 0 Å². The molecule has 0 radical (unpaired) electrons. The zero-order valence-electron chi connectivity index (χ0n) is 12.2. The second-order valence-electron chi connectivity index (χ2n) is 4.48. The summed E-state index contributed by atoms with van der Waals surface area (Å²) in [6.07, 6.45) is 1.58. The number of hydrogen-bond acceptors (Lipinski definition) is 3. The molecular formula is C17H15ClO4. The molecule has 0 amide bonds. The summed E-state index contributed by atoms with van der Waals surface area (Å²) in [6, 6.07) is 11.9. The number of methoxy groups -OCH3 is 2. The molecule has 0 saturated carbocycles. The van der Waals surface area contributed by atoms with E-state index in [1.54, 1.807) is 48.5 Å². The molecule has 2 aromatic carbocycles. The maximum absolute atomic E-state index is 11.6. The summed E-state index contributed by atoms with van der Waals surface area (Å²) in [4.78, 5) is 11.6. The van der Waals surface area contributed by atoms with Gasteiger partial charge in [-0.15, -0.1) is 0 Å². The fraction of sp³-hybridized carbons (Fsp3) is 0.118. The zero-order valence-corrected chi connectivity index (χ0v) is 12.9. The summed E-state index contributed by atoms with van der Waals surface area (Å²) in [5, 5.41) is 10.1. The van der Waals surface area contributed by atoms with E-state index in [-0.39, 0.29) is 5.57 Å². The van der Waals surface area contributed by atoms with Crippen molar-refractivity contribution in [3.63, 3.8) is 0 Å². The fourth-order valence-corrected chi connectivity index (χ4v) is 2.12. The zero-order chi connectivity index (χ0) is 16.1. The van der Waals surface area contributed by atoms with Gasteiger partial charge in [0.1, 0.15) is 0 Å². The van der Waals surface area contributed by atoms with Crippen molar-refractivity contribution in [2.45, 2.75) is 0 Å². The number of carbonyl (C=O) groups is 1. The Balaban J connectivity index is 2.48. The Morgan fingerprint density at radius 3 is 2.23 bits per heavy atom. The van der Waals surface area contributed by atoms with Gasteiger partial charge in [0, 0.05) is 5.02 Å².